The summed E-state index contributed by atoms with van der Waals surface area (Å²) in [6.07, 6.45) is 0. The van der Waals surface area contributed by atoms with Gasteiger partial charge in [-0.2, -0.15) is 0 Å². The van der Waals surface area contributed by atoms with Gasteiger partial charge in [0.15, 0.2) is 0 Å². The van der Waals surface area contributed by atoms with Crippen molar-refractivity contribution in [1.29, 1.82) is 0 Å². The number of aromatic carboxylic acids is 1. The number of aryl methyl sites for hydroxylation is 1. The summed E-state index contributed by atoms with van der Waals surface area (Å²) in [6.45, 7) is 1.35. The highest BCUT2D eigenvalue weighted by atomic mass is 127. The number of carbonyl (C=O) groups is 1. The van der Waals surface area contributed by atoms with E-state index >= 15 is 4.39 Å². The molecule has 0 radical (unpaired) electrons. The van der Waals surface area contributed by atoms with Crippen molar-refractivity contribution in [3.05, 3.63) is 124 Å². The molecule has 42 heavy (non-hydrogen) atoms. The van der Waals surface area contributed by atoms with E-state index in [0.717, 1.165) is 19.8 Å². The molecule has 5 rings (SSSR count). The molecule has 0 aliphatic carbocycles. The van der Waals surface area contributed by atoms with E-state index in [-0.39, 0.29) is 45.9 Å². The third-order valence-corrected chi connectivity index (χ3v) is 7.52. The lowest BCUT2D eigenvalue weighted by Crippen LogP contribution is -2.42. The van der Waals surface area contributed by atoms with Gasteiger partial charge in [0.05, 0.1) is 24.9 Å². The van der Waals surface area contributed by atoms with Crippen molar-refractivity contribution in [2.45, 2.75) is 13.5 Å². The van der Waals surface area contributed by atoms with Crippen LogP contribution in [0.1, 0.15) is 21.5 Å². The number of fused-ring (bicyclic) bond motifs is 1. The van der Waals surface area contributed by atoms with Gasteiger partial charge in [0.25, 0.3) is 11.1 Å². The molecular formula is C30H23FIN3O7. The summed E-state index contributed by atoms with van der Waals surface area (Å²) < 4.78 is 30.2. The van der Waals surface area contributed by atoms with Gasteiger partial charge in [0.1, 0.15) is 34.1 Å². The number of benzene rings is 3. The van der Waals surface area contributed by atoms with Gasteiger partial charge in [0.2, 0.25) is 0 Å². The second-order valence-corrected chi connectivity index (χ2v) is 10.6. The third-order valence-electron chi connectivity index (χ3n) is 6.85. The summed E-state index contributed by atoms with van der Waals surface area (Å²) in [5, 5.41) is 9.38. The number of hydrogen-bond acceptors (Lipinski definition) is 6. The first kappa shape index (κ1) is 28.8. The Bertz CT molecular complexity index is 2060. The van der Waals surface area contributed by atoms with E-state index in [1.807, 2.05) is 22.6 Å². The summed E-state index contributed by atoms with van der Waals surface area (Å²) in [5.41, 5.74) is -1.86. The molecule has 0 amide bonds. The summed E-state index contributed by atoms with van der Waals surface area (Å²) in [5.74, 6) is -1.48. The average Bonchev–Trinajstić information content (AvgIpc) is 2.95. The van der Waals surface area contributed by atoms with Gasteiger partial charge in [-0.15, -0.1) is 0 Å². The van der Waals surface area contributed by atoms with Crippen molar-refractivity contribution in [3.63, 3.8) is 0 Å². The zero-order chi connectivity index (χ0) is 30.3. The molecule has 0 bridgehead atoms. The van der Waals surface area contributed by atoms with Crippen LogP contribution in [0.15, 0.2) is 81.1 Å². The van der Waals surface area contributed by atoms with Crippen LogP contribution < -0.4 is 26.3 Å². The number of rotatable bonds is 7. The molecule has 0 saturated carbocycles. The normalized spacial score (nSPS) is 11.1. The number of aromatic nitrogens is 3. The molecule has 3 aromatic carbocycles. The second-order valence-electron chi connectivity index (χ2n) is 9.39. The fraction of sp³-hybridized carbons (Fsp3) is 0.133. The van der Waals surface area contributed by atoms with Gasteiger partial charge in [-0.1, -0.05) is 18.2 Å². The molecule has 214 valence electrons. The molecule has 0 atom stereocenters. The van der Waals surface area contributed by atoms with Crippen LogP contribution in [0.5, 0.6) is 17.2 Å². The smallest absolute Gasteiger partial charge is 0.337 e. The fourth-order valence-electron chi connectivity index (χ4n) is 4.65. The first-order valence-corrected chi connectivity index (χ1v) is 13.6. The van der Waals surface area contributed by atoms with E-state index in [9.17, 15) is 24.3 Å². The molecule has 5 aromatic rings. The predicted octanol–water partition coefficient (Wildman–Crippen LogP) is 4.45. The molecule has 12 heteroatoms. The van der Waals surface area contributed by atoms with Crippen molar-refractivity contribution in [2.24, 2.45) is 7.05 Å². The van der Waals surface area contributed by atoms with E-state index < -0.39 is 28.6 Å². The number of pyridine rings is 1. The van der Waals surface area contributed by atoms with Crippen LogP contribution in [0, 0.1) is 16.3 Å². The fourth-order valence-corrected chi connectivity index (χ4v) is 5.10. The molecule has 0 spiro atoms. The molecule has 1 N–H and O–H groups in total. The number of methoxy groups -OCH3 is 1. The summed E-state index contributed by atoms with van der Waals surface area (Å²) in [4.78, 5) is 52.9. The van der Waals surface area contributed by atoms with Crippen molar-refractivity contribution < 1.29 is 23.8 Å². The van der Waals surface area contributed by atoms with Gasteiger partial charge in [-0.25, -0.2) is 18.5 Å². The van der Waals surface area contributed by atoms with Crippen molar-refractivity contribution in [2.75, 3.05) is 7.11 Å². The van der Waals surface area contributed by atoms with Gasteiger partial charge >= 0.3 is 11.7 Å². The largest absolute Gasteiger partial charge is 0.497 e. The highest BCUT2D eigenvalue weighted by Gasteiger charge is 2.24. The number of carboxylic acids is 1. The standard InChI is InChI=1S/C30H23FIN3O7/c1-16-20(29(38)39)5-4-6-23(16)42-24-14-25(36)33(2)27-26(24)28(37)34(15-17-7-10-19(41-3)11-8-17)30(40)35(27)22-12-9-18(32)13-21(22)31/h4-14H,15H2,1-3H3,(H,38,39). The monoisotopic (exact) mass is 683 g/mol. The predicted molar refractivity (Wildman–Crippen MR) is 162 cm³/mol. The van der Waals surface area contributed by atoms with Gasteiger partial charge in [-0.3, -0.25) is 18.7 Å². The first-order chi connectivity index (χ1) is 20.0. The van der Waals surface area contributed by atoms with Crippen LogP contribution in [0.25, 0.3) is 16.7 Å². The maximum absolute atomic E-state index is 15.4. The number of nitrogens with zero attached hydrogens (tertiary/aromatic N) is 3. The maximum Gasteiger partial charge on any atom is 0.337 e. The van der Waals surface area contributed by atoms with E-state index in [2.05, 4.69) is 0 Å². The Kier molecular flexibility index (Phi) is 7.73. The number of carboxylic acid groups (broad SMARTS) is 1. The molecular weight excluding hydrogens is 660 g/mol. The van der Waals surface area contributed by atoms with E-state index in [4.69, 9.17) is 9.47 Å². The Morgan fingerprint density at radius 3 is 2.36 bits per heavy atom. The lowest BCUT2D eigenvalue weighted by molar-refractivity contribution is 0.0695. The third kappa shape index (κ3) is 5.09. The average molecular weight is 683 g/mol. The zero-order valence-corrected chi connectivity index (χ0v) is 24.7. The minimum atomic E-state index is -1.18. The van der Waals surface area contributed by atoms with E-state index in [0.29, 0.717) is 14.9 Å². The molecule has 0 aliphatic heterocycles. The number of halogens is 2. The zero-order valence-electron chi connectivity index (χ0n) is 22.6. The van der Waals surface area contributed by atoms with Crippen LogP contribution >= 0.6 is 22.6 Å². The SMILES string of the molecule is COc1ccc(Cn2c(=O)c3c(Oc4cccc(C(=O)O)c4C)cc(=O)n(C)c3n(-c3ccc(I)cc3F)c2=O)cc1. The molecule has 2 heterocycles. The van der Waals surface area contributed by atoms with Gasteiger partial charge in [0, 0.05) is 22.2 Å². The van der Waals surface area contributed by atoms with Crippen molar-refractivity contribution in [3.8, 4) is 22.9 Å². The van der Waals surface area contributed by atoms with Crippen LogP contribution in [0.3, 0.4) is 0 Å². The lowest BCUT2D eigenvalue weighted by atomic mass is 10.1. The Hall–Kier alpha value is -4.72. The first-order valence-electron chi connectivity index (χ1n) is 12.5. The van der Waals surface area contributed by atoms with Gasteiger partial charge < -0.3 is 14.6 Å². The Morgan fingerprint density at radius 2 is 1.71 bits per heavy atom. The van der Waals surface area contributed by atoms with Crippen molar-refractivity contribution in [1.82, 2.24) is 13.7 Å². The topological polar surface area (TPSA) is 122 Å². The number of hydrogen-bond donors (Lipinski definition) is 1. The van der Waals surface area contributed by atoms with Crippen LogP contribution in [-0.4, -0.2) is 31.9 Å². The molecule has 2 aromatic heterocycles. The Labute approximate surface area is 250 Å². The number of ether oxygens (including phenoxy) is 2. The second kappa shape index (κ2) is 11.3. The van der Waals surface area contributed by atoms with Crippen LogP contribution in [0.4, 0.5) is 4.39 Å². The molecule has 0 fully saturated rings. The highest BCUT2D eigenvalue weighted by molar-refractivity contribution is 14.1. The van der Waals surface area contributed by atoms with E-state index in [1.165, 1.54) is 51.4 Å². The minimum Gasteiger partial charge on any atom is -0.497 e. The minimum absolute atomic E-state index is 0.0320. The molecule has 0 unspecified atom stereocenters. The molecule has 10 nitrogen and oxygen atoms in total. The van der Waals surface area contributed by atoms with Crippen molar-refractivity contribution >= 4 is 39.6 Å². The Balaban J connectivity index is 1.87. The molecule has 0 aliphatic rings. The summed E-state index contributed by atoms with van der Waals surface area (Å²) in [7, 11) is 2.87. The highest BCUT2D eigenvalue weighted by Crippen LogP contribution is 2.31. The maximum atomic E-state index is 15.4. The Morgan fingerprint density at radius 1 is 1.00 bits per heavy atom. The van der Waals surface area contributed by atoms with Gasteiger partial charge in [-0.05, 0) is 77.5 Å². The summed E-state index contributed by atoms with van der Waals surface area (Å²) in [6, 6.07) is 16.4. The molecule has 0 saturated heterocycles. The quantitative estimate of drug-likeness (QED) is 0.252. The summed E-state index contributed by atoms with van der Waals surface area (Å²) >= 11 is 1.93. The van der Waals surface area contributed by atoms with E-state index in [1.54, 1.807) is 30.3 Å². The van der Waals surface area contributed by atoms with Crippen LogP contribution in [-0.2, 0) is 13.6 Å². The van der Waals surface area contributed by atoms with Crippen LogP contribution in [0.2, 0.25) is 0 Å². The lowest BCUT2D eigenvalue weighted by Gasteiger charge is -2.19.